The third-order valence-electron chi connectivity index (χ3n) is 7.25. The third-order valence-corrected chi connectivity index (χ3v) is 8.89. The minimum Gasteiger partial charge on any atom is -0.494 e. The number of hydrogen-bond acceptors (Lipinski definition) is 6. The van der Waals surface area contributed by atoms with Crippen LogP contribution in [-0.4, -0.2) is 29.6 Å². The number of thioether (sulfide) groups is 1. The van der Waals surface area contributed by atoms with E-state index in [4.69, 9.17) is 9.15 Å². The first-order valence-corrected chi connectivity index (χ1v) is 17.5. The van der Waals surface area contributed by atoms with Crippen molar-refractivity contribution in [3.8, 4) is 17.1 Å². The van der Waals surface area contributed by atoms with Crippen LogP contribution in [0, 0.1) is 0 Å². The second kappa shape index (κ2) is 17.4. The van der Waals surface area contributed by atoms with Crippen LogP contribution in [0.3, 0.4) is 0 Å². The van der Waals surface area contributed by atoms with E-state index in [-0.39, 0.29) is 16.9 Å². The number of nitrogens with one attached hydrogen (secondary N) is 3. The van der Waals surface area contributed by atoms with Crippen molar-refractivity contribution >= 4 is 62.9 Å². The van der Waals surface area contributed by atoms with Crippen LogP contribution >= 0.6 is 27.7 Å². The van der Waals surface area contributed by atoms with Gasteiger partial charge in [-0.25, -0.2) is 0 Å². The molecule has 3 N–H and O–H groups in total. The monoisotopic (exact) mass is 737 g/mol. The smallest absolute Gasteiger partial charge is 0.272 e. The van der Waals surface area contributed by atoms with Crippen LogP contribution < -0.4 is 20.7 Å². The number of carbonyl (C=O) groups excluding carboxylic acids is 3. The summed E-state index contributed by atoms with van der Waals surface area (Å²) in [4.78, 5) is 40.3. The fraction of sp³-hybridized carbons (Fsp3) is 0.154. The summed E-state index contributed by atoms with van der Waals surface area (Å²) < 4.78 is 12.6. The molecule has 0 aliphatic heterocycles. The van der Waals surface area contributed by atoms with E-state index in [1.807, 2.05) is 73.7 Å². The zero-order valence-electron chi connectivity index (χ0n) is 27.1. The third kappa shape index (κ3) is 10.5. The fourth-order valence-corrected chi connectivity index (χ4v) is 5.70. The molecule has 1 aromatic heterocycles. The van der Waals surface area contributed by atoms with E-state index in [0.29, 0.717) is 35.1 Å². The minimum atomic E-state index is -0.527. The highest BCUT2D eigenvalue weighted by Gasteiger charge is 2.18. The Labute approximate surface area is 298 Å². The molecule has 0 aliphatic rings. The first-order valence-electron chi connectivity index (χ1n) is 15.8. The van der Waals surface area contributed by atoms with Gasteiger partial charge in [-0.2, -0.15) is 0 Å². The van der Waals surface area contributed by atoms with Crippen molar-refractivity contribution in [3.63, 3.8) is 0 Å². The largest absolute Gasteiger partial charge is 0.494 e. The fourth-order valence-electron chi connectivity index (χ4n) is 4.57. The molecule has 0 saturated carbocycles. The summed E-state index contributed by atoms with van der Waals surface area (Å²) in [6, 6.07) is 34.4. The Hall–Kier alpha value is -5.06. The Kier molecular flexibility index (Phi) is 12.5. The molecule has 1 unspecified atom stereocenters. The molecule has 0 aliphatic carbocycles. The lowest BCUT2D eigenvalue weighted by molar-refractivity contribution is -0.115. The van der Waals surface area contributed by atoms with Crippen LogP contribution in [-0.2, 0) is 9.59 Å². The summed E-state index contributed by atoms with van der Waals surface area (Å²) in [7, 11) is 0. The summed E-state index contributed by atoms with van der Waals surface area (Å²) in [5.41, 5.74) is 2.50. The van der Waals surface area contributed by atoms with Crippen LogP contribution in [0.2, 0.25) is 0 Å². The highest BCUT2D eigenvalue weighted by atomic mass is 79.9. The average Bonchev–Trinajstić information content (AvgIpc) is 3.58. The predicted molar refractivity (Wildman–Crippen MR) is 200 cm³/mol. The Morgan fingerprint density at radius 3 is 2.20 bits per heavy atom. The topological polar surface area (TPSA) is 110 Å². The summed E-state index contributed by atoms with van der Waals surface area (Å²) in [5.74, 6) is 0.694. The zero-order chi connectivity index (χ0) is 34.6. The molecule has 0 bridgehead atoms. The molecule has 1 heterocycles. The van der Waals surface area contributed by atoms with Crippen molar-refractivity contribution in [2.75, 3.05) is 17.2 Å². The number of halogens is 1. The maximum atomic E-state index is 13.5. The van der Waals surface area contributed by atoms with Crippen molar-refractivity contribution in [1.82, 2.24) is 5.32 Å². The molecule has 0 spiro atoms. The molecule has 49 heavy (non-hydrogen) atoms. The Morgan fingerprint density at radius 2 is 1.51 bits per heavy atom. The van der Waals surface area contributed by atoms with E-state index in [0.717, 1.165) is 33.5 Å². The van der Waals surface area contributed by atoms with Crippen molar-refractivity contribution in [1.29, 1.82) is 0 Å². The normalized spacial score (nSPS) is 11.8. The SMILES string of the molecule is CCCCOc1ccc(NC(=O)C(C)Sc2ccc(NC(=O)C(=Cc3ccc(-c4ccc(Br)cc4)o3)NC(=O)c3ccccc3)cc2)cc1. The lowest BCUT2D eigenvalue weighted by atomic mass is 10.2. The van der Waals surface area contributed by atoms with Gasteiger partial charge in [0.2, 0.25) is 5.91 Å². The quantitative estimate of drug-likeness (QED) is 0.0595. The van der Waals surface area contributed by atoms with E-state index in [1.54, 1.807) is 48.5 Å². The first kappa shape index (κ1) is 35.3. The lowest BCUT2D eigenvalue weighted by Gasteiger charge is -2.14. The lowest BCUT2D eigenvalue weighted by Crippen LogP contribution is -2.30. The number of carbonyl (C=O) groups is 3. The van der Waals surface area contributed by atoms with E-state index in [9.17, 15) is 14.4 Å². The highest BCUT2D eigenvalue weighted by molar-refractivity contribution is 9.10. The second-order valence-electron chi connectivity index (χ2n) is 11.0. The van der Waals surface area contributed by atoms with Gasteiger partial charge in [0.25, 0.3) is 11.8 Å². The number of amides is 3. The van der Waals surface area contributed by atoms with E-state index in [1.165, 1.54) is 17.8 Å². The molecule has 8 nitrogen and oxygen atoms in total. The Bertz CT molecular complexity index is 1890. The Morgan fingerprint density at radius 1 is 0.837 bits per heavy atom. The van der Waals surface area contributed by atoms with Gasteiger partial charge >= 0.3 is 0 Å². The summed E-state index contributed by atoms with van der Waals surface area (Å²) in [6.07, 6.45) is 3.55. The van der Waals surface area contributed by atoms with Crippen molar-refractivity contribution in [2.45, 2.75) is 36.8 Å². The van der Waals surface area contributed by atoms with Gasteiger partial charge in [0, 0.05) is 37.9 Å². The number of furan rings is 1. The summed E-state index contributed by atoms with van der Waals surface area (Å²) in [6.45, 7) is 4.62. The molecule has 5 aromatic rings. The first-order chi connectivity index (χ1) is 23.8. The van der Waals surface area contributed by atoms with Crippen LogP contribution in [0.25, 0.3) is 17.4 Å². The Balaban J connectivity index is 1.23. The second-order valence-corrected chi connectivity index (χ2v) is 13.4. The van der Waals surface area contributed by atoms with Crippen LogP contribution in [0.5, 0.6) is 5.75 Å². The zero-order valence-corrected chi connectivity index (χ0v) is 29.5. The number of hydrogen-bond donors (Lipinski definition) is 3. The van der Waals surface area contributed by atoms with Gasteiger partial charge in [-0.05, 0) is 98.3 Å². The van der Waals surface area contributed by atoms with E-state index >= 15 is 0 Å². The standard InChI is InChI=1S/C39H36BrN3O5S/c1-3-4-24-47-32-18-14-30(15-19-32)41-37(44)26(2)49-34-21-16-31(17-22-34)42-39(46)35(43-38(45)28-8-6-5-7-9-28)25-33-20-23-36(48-33)27-10-12-29(40)13-11-27/h5-23,25-26H,3-4,24H2,1-2H3,(H,41,44)(H,42,46)(H,43,45). The van der Waals surface area contributed by atoms with Crippen LogP contribution in [0.15, 0.2) is 135 Å². The van der Waals surface area contributed by atoms with E-state index in [2.05, 4.69) is 38.8 Å². The van der Waals surface area contributed by atoms with Crippen LogP contribution in [0.1, 0.15) is 42.8 Å². The van der Waals surface area contributed by atoms with Crippen LogP contribution in [0.4, 0.5) is 11.4 Å². The summed E-state index contributed by atoms with van der Waals surface area (Å²) >= 11 is 4.83. The molecule has 4 aromatic carbocycles. The maximum Gasteiger partial charge on any atom is 0.272 e. The van der Waals surface area contributed by atoms with Gasteiger partial charge in [0.1, 0.15) is 23.0 Å². The van der Waals surface area contributed by atoms with Crippen molar-refractivity contribution in [3.05, 3.63) is 137 Å². The number of anilines is 2. The van der Waals surface area contributed by atoms with Crippen molar-refractivity contribution < 1.29 is 23.5 Å². The van der Waals surface area contributed by atoms with E-state index < -0.39 is 11.8 Å². The van der Waals surface area contributed by atoms with Gasteiger partial charge in [-0.15, -0.1) is 11.8 Å². The minimum absolute atomic E-state index is 0.00913. The van der Waals surface area contributed by atoms with Gasteiger partial charge in [0.15, 0.2) is 0 Å². The molecule has 0 saturated heterocycles. The molecule has 10 heteroatoms. The maximum absolute atomic E-state index is 13.5. The van der Waals surface area contributed by atoms with Gasteiger partial charge in [-0.1, -0.05) is 59.6 Å². The molecular formula is C39H36BrN3O5S. The van der Waals surface area contributed by atoms with Gasteiger partial charge in [0.05, 0.1) is 11.9 Å². The molecular weight excluding hydrogens is 702 g/mol. The molecule has 1 atom stereocenters. The average molecular weight is 739 g/mol. The van der Waals surface area contributed by atoms with Gasteiger partial charge < -0.3 is 25.1 Å². The molecule has 3 amide bonds. The number of ether oxygens (including phenoxy) is 1. The molecule has 250 valence electrons. The molecule has 5 rings (SSSR count). The summed E-state index contributed by atoms with van der Waals surface area (Å²) in [5, 5.41) is 8.15. The predicted octanol–water partition coefficient (Wildman–Crippen LogP) is 9.42. The van der Waals surface area contributed by atoms with Gasteiger partial charge in [-0.3, -0.25) is 14.4 Å². The number of benzene rings is 4. The van der Waals surface area contributed by atoms with Crippen molar-refractivity contribution in [2.24, 2.45) is 0 Å². The number of unbranched alkanes of at least 4 members (excludes halogenated alkanes) is 1. The highest BCUT2D eigenvalue weighted by Crippen LogP contribution is 2.27. The molecule has 0 radical (unpaired) electrons. The molecule has 0 fully saturated rings. The number of rotatable bonds is 14.